The smallest absolute Gasteiger partial charge is 0.302 e. The highest BCUT2D eigenvalue weighted by molar-refractivity contribution is 6.51. The highest BCUT2D eigenvalue weighted by atomic mass is 19.1. The predicted octanol–water partition coefficient (Wildman–Crippen LogP) is 4.65. The molecule has 0 spiro atoms. The lowest BCUT2D eigenvalue weighted by Crippen LogP contribution is -2.30. The molecule has 5 rings (SSSR count). The van der Waals surface area contributed by atoms with Crippen LogP contribution in [0.4, 0.5) is 10.3 Å². The lowest BCUT2D eigenvalue weighted by Gasteiger charge is -2.24. The normalized spacial score (nSPS) is 17.1. The number of ketones is 1. The molecule has 1 aliphatic heterocycles. The predicted molar refractivity (Wildman–Crippen MR) is 132 cm³/mol. The van der Waals surface area contributed by atoms with Crippen LogP contribution in [-0.2, 0) is 9.59 Å². The number of H-pyrrole nitrogens is 1. The number of aliphatic hydroxyl groups is 1. The second-order valence-corrected chi connectivity index (χ2v) is 8.33. The molecule has 2 N–H and O–H groups in total. The van der Waals surface area contributed by atoms with E-state index in [0.29, 0.717) is 28.1 Å². The number of imidazole rings is 1. The maximum absolute atomic E-state index is 13.9. The zero-order valence-corrected chi connectivity index (χ0v) is 19.7. The molecule has 2 heterocycles. The van der Waals surface area contributed by atoms with Crippen LogP contribution in [0.5, 0.6) is 11.5 Å². The topological polar surface area (TPSA) is 105 Å². The summed E-state index contributed by atoms with van der Waals surface area (Å²) in [5.41, 5.74) is 2.10. The van der Waals surface area contributed by atoms with Crippen molar-refractivity contribution in [2.75, 3.05) is 19.1 Å². The van der Waals surface area contributed by atoms with E-state index in [1.807, 2.05) is 12.1 Å². The van der Waals surface area contributed by atoms with Crippen LogP contribution in [-0.4, -0.2) is 41.0 Å². The first-order valence-electron chi connectivity index (χ1n) is 11.1. The van der Waals surface area contributed by atoms with Crippen LogP contribution in [0.2, 0.25) is 0 Å². The molecule has 1 fully saturated rings. The van der Waals surface area contributed by atoms with Gasteiger partial charge >= 0.3 is 5.91 Å². The number of hydrogen-bond acceptors (Lipinski definition) is 6. The third kappa shape index (κ3) is 3.65. The van der Waals surface area contributed by atoms with Crippen molar-refractivity contribution in [2.45, 2.75) is 13.0 Å². The van der Waals surface area contributed by atoms with Gasteiger partial charge in [-0.3, -0.25) is 14.5 Å². The Morgan fingerprint density at radius 2 is 1.78 bits per heavy atom. The van der Waals surface area contributed by atoms with Gasteiger partial charge in [-0.15, -0.1) is 0 Å². The Morgan fingerprint density at radius 1 is 1.03 bits per heavy atom. The first-order valence-corrected chi connectivity index (χ1v) is 11.1. The van der Waals surface area contributed by atoms with Gasteiger partial charge in [0.15, 0.2) is 11.5 Å². The molecular weight excluding hydrogens is 465 g/mol. The Morgan fingerprint density at radius 3 is 2.47 bits per heavy atom. The fourth-order valence-electron chi connectivity index (χ4n) is 4.39. The number of aryl methyl sites for hydroxylation is 1. The number of ether oxygens (including phenoxy) is 2. The number of carbonyl (C=O) groups excluding carboxylic acids is 2. The van der Waals surface area contributed by atoms with E-state index in [-0.39, 0.29) is 22.6 Å². The van der Waals surface area contributed by atoms with Gasteiger partial charge in [0.2, 0.25) is 5.95 Å². The summed E-state index contributed by atoms with van der Waals surface area (Å²) in [5, 5.41) is 11.3. The third-order valence-electron chi connectivity index (χ3n) is 6.20. The molecule has 36 heavy (non-hydrogen) atoms. The van der Waals surface area contributed by atoms with Crippen LogP contribution in [0.3, 0.4) is 0 Å². The molecular formula is C27H22FN3O5. The van der Waals surface area contributed by atoms with Crippen molar-refractivity contribution in [3.05, 3.63) is 88.7 Å². The van der Waals surface area contributed by atoms with Crippen LogP contribution < -0.4 is 14.4 Å². The molecule has 0 aliphatic carbocycles. The lowest BCUT2D eigenvalue weighted by molar-refractivity contribution is -0.132. The van der Waals surface area contributed by atoms with E-state index in [0.717, 1.165) is 0 Å². The van der Waals surface area contributed by atoms with Crippen molar-refractivity contribution in [1.29, 1.82) is 0 Å². The van der Waals surface area contributed by atoms with Gasteiger partial charge in [-0.25, -0.2) is 9.37 Å². The number of amides is 1. The molecule has 182 valence electrons. The quantitative estimate of drug-likeness (QED) is 0.241. The molecule has 1 saturated heterocycles. The van der Waals surface area contributed by atoms with Gasteiger partial charge in [-0.2, -0.15) is 0 Å². The Bertz CT molecular complexity index is 1530. The van der Waals surface area contributed by atoms with E-state index in [9.17, 15) is 19.1 Å². The van der Waals surface area contributed by atoms with Gasteiger partial charge in [0.25, 0.3) is 5.78 Å². The zero-order chi connectivity index (χ0) is 25.6. The molecule has 9 heteroatoms. The first-order chi connectivity index (χ1) is 17.3. The van der Waals surface area contributed by atoms with Crippen LogP contribution >= 0.6 is 0 Å². The summed E-state index contributed by atoms with van der Waals surface area (Å²) in [4.78, 5) is 35.5. The first kappa shape index (κ1) is 23.1. The second kappa shape index (κ2) is 8.84. The van der Waals surface area contributed by atoms with Crippen molar-refractivity contribution in [2.24, 2.45) is 0 Å². The number of fused-ring (bicyclic) bond motifs is 1. The van der Waals surface area contributed by atoms with Gasteiger partial charge in [0.05, 0.1) is 36.9 Å². The van der Waals surface area contributed by atoms with Crippen molar-refractivity contribution >= 4 is 34.4 Å². The van der Waals surface area contributed by atoms with Gasteiger partial charge < -0.3 is 19.6 Å². The summed E-state index contributed by atoms with van der Waals surface area (Å²) in [7, 11) is 2.97. The standard InChI is InChI=1S/C27H22FN3O5/c1-14-12-16(8-10-17(14)28)24(32)22-23(15-9-11-20(35-2)21(13-15)36-3)31(26(34)25(22)33)27-29-18-6-4-5-7-19(18)30-27/h4-13,23,32H,1-3H3,(H,29,30)/b24-22+. The van der Waals surface area contributed by atoms with Crippen LogP contribution in [0.15, 0.2) is 66.2 Å². The molecule has 4 aromatic rings. The number of hydrogen-bond donors (Lipinski definition) is 2. The Kier molecular flexibility index (Phi) is 5.68. The van der Waals surface area contributed by atoms with E-state index >= 15 is 0 Å². The number of aliphatic hydroxyl groups excluding tert-OH is 1. The SMILES string of the molecule is COc1ccc(C2/C(=C(\O)c3ccc(F)c(C)c3)C(=O)C(=O)N2c2nc3ccccc3[nH]2)cc1OC. The van der Waals surface area contributed by atoms with E-state index in [1.165, 1.54) is 37.3 Å². The van der Waals surface area contributed by atoms with Crippen molar-refractivity contribution in [3.8, 4) is 11.5 Å². The van der Waals surface area contributed by atoms with E-state index in [4.69, 9.17) is 9.47 Å². The van der Waals surface area contributed by atoms with Gasteiger partial charge in [0.1, 0.15) is 11.6 Å². The Hall–Kier alpha value is -4.66. The number of benzene rings is 3. The minimum atomic E-state index is -1.05. The number of para-hydroxylation sites is 2. The zero-order valence-electron chi connectivity index (χ0n) is 19.7. The average molecular weight is 487 g/mol. The molecule has 3 aromatic carbocycles. The summed E-state index contributed by atoms with van der Waals surface area (Å²) >= 11 is 0. The summed E-state index contributed by atoms with van der Waals surface area (Å²) in [5.74, 6) is -1.66. The van der Waals surface area contributed by atoms with Gasteiger partial charge in [0, 0.05) is 5.56 Å². The lowest BCUT2D eigenvalue weighted by atomic mass is 9.94. The summed E-state index contributed by atoms with van der Waals surface area (Å²) in [6.45, 7) is 1.55. The number of Topliss-reactive ketones (excluding diaryl/α,β-unsaturated/α-hetero) is 1. The fourth-order valence-corrected chi connectivity index (χ4v) is 4.39. The van der Waals surface area contributed by atoms with Gasteiger partial charge in [-0.05, 0) is 60.5 Å². The monoisotopic (exact) mass is 487 g/mol. The van der Waals surface area contributed by atoms with E-state index < -0.39 is 29.3 Å². The third-order valence-corrected chi connectivity index (χ3v) is 6.20. The Balaban J connectivity index is 1.76. The number of aromatic nitrogens is 2. The molecule has 8 nitrogen and oxygen atoms in total. The van der Waals surface area contributed by atoms with Crippen molar-refractivity contribution in [1.82, 2.24) is 9.97 Å². The van der Waals surface area contributed by atoms with Gasteiger partial charge in [-0.1, -0.05) is 18.2 Å². The molecule has 1 unspecified atom stereocenters. The number of nitrogens with one attached hydrogen (secondary N) is 1. The molecule has 1 atom stereocenters. The Labute approximate surface area is 205 Å². The average Bonchev–Trinajstić information content (AvgIpc) is 3.43. The van der Waals surface area contributed by atoms with Crippen LogP contribution in [0.25, 0.3) is 16.8 Å². The highest BCUT2D eigenvalue weighted by Gasteiger charge is 2.48. The van der Waals surface area contributed by atoms with Crippen LogP contribution in [0, 0.1) is 12.7 Å². The summed E-state index contributed by atoms with van der Waals surface area (Å²) < 4.78 is 24.7. The minimum absolute atomic E-state index is 0.146. The number of aromatic amines is 1. The second-order valence-electron chi connectivity index (χ2n) is 8.33. The van der Waals surface area contributed by atoms with Crippen LogP contribution in [0.1, 0.15) is 22.7 Å². The fraction of sp³-hybridized carbons (Fsp3) is 0.148. The van der Waals surface area contributed by atoms with E-state index in [1.54, 1.807) is 37.3 Å². The number of carbonyl (C=O) groups is 2. The summed E-state index contributed by atoms with van der Waals surface area (Å²) in [6.07, 6.45) is 0. The molecule has 1 amide bonds. The number of rotatable bonds is 5. The molecule has 1 aromatic heterocycles. The number of methoxy groups -OCH3 is 2. The number of anilines is 1. The molecule has 1 aliphatic rings. The van der Waals surface area contributed by atoms with Crippen molar-refractivity contribution in [3.63, 3.8) is 0 Å². The molecule has 0 bridgehead atoms. The van der Waals surface area contributed by atoms with E-state index in [2.05, 4.69) is 9.97 Å². The maximum atomic E-state index is 13.9. The summed E-state index contributed by atoms with van der Waals surface area (Å²) in [6, 6.07) is 15.1. The largest absolute Gasteiger partial charge is 0.507 e. The maximum Gasteiger partial charge on any atom is 0.302 e. The number of nitrogens with zero attached hydrogens (tertiary/aromatic N) is 2. The highest BCUT2D eigenvalue weighted by Crippen LogP contribution is 2.43. The van der Waals surface area contributed by atoms with Crippen molar-refractivity contribution < 1.29 is 28.6 Å². The molecule has 0 saturated carbocycles. The minimum Gasteiger partial charge on any atom is -0.507 e. The molecule has 0 radical (unpaired) electrons. The number of halogens is 1.